The van der Waals surface area contributed by atoms with Gasteiger partial charge in [-0.15, -0.1) is 0 Å². The molecule has 1 amide bonds. The number of carbonyl (C=O) groups excluding carboxylic acids is 2. The van der Waals surface area contributed by atoms with E-state index >= 15 is 0 Å². The summed E-state index contributed by atoms with van der Waals surface area (Å²) in [6, 6.07) is 13.2. The zero-order chi connectivity index (χ0) is 19.8. The van der Waals surface area contributed by atoms with E-state index in [1.165, 1.54) is 25.3 Å². The first kappa shape index (κ1) is 19.9. The van der Waals surface area contributed by atoms with E-state index in [9.17, 15) is 19.7 Å². The number of hydrogen-bond acceptors (Lipinski definition) is 6. The second-order valence-electron chi connectivity index (χ2n) is 5.67. The number of benzene rings is 2. The van der Waals surface area contributed by atoms with Crippen LogP contribution in [-0.4, -0.2) is 30.5 Å². The van der Waals surface area contributed by atoms with Gasteiger partial charge in [0.15, 0.2) is 6.61 Å². The fourth-order valence-corrected chi connectivity index (χ4v) is 2.54. The molecule has 0 bridgehead atoms. The van der Waals surface area contributed by atoms with Gasteiger partial charge in [-0.2, -0.15) is 0 Å². The van der Waals surface area contributed by atoms with Gasteiger partial charge in [0.25, 0.3) is 11.6 Å². The molecule has 1 unspecified atom stereocenters. The van der Waals surface area contributed by atoms with E-state index in [0.29, 0.717) is 12.2 Å². The average Bonchev–Trinajstić information content (AvgIpc) is 2.68. The van der Waals surface area contributed by atoms with Crippen molar-refractivity contribution in [3.8, 4) is 5.75 Å². The van der Waals surface area contributed by atoms with Gasteiger partial charge >= 0.3 is 5.97 Å². The molecule has 2 aromatic carbocycles. The summed E-state index contributed by atoms with van der Waals surface area (Å²) in [5.74, 6) is -1.38. The summed E-state index contributed by atoms with van der Waals surface area (Å²) in [6.07, 6.45) is 0.522. The van der Waals surface area contributed by atoms with Crippen LogP contribution in [0.4, 0.5) is 11.4 Å². The Balaban J connectivity index is 2.00. The Hall–Kier alpha value is -3.42. The molecule has 8 nitrogen and oxygen atoms in total. The van der Waals surface area contributed by atoms with Crippen LogP contribution in [-0.2, 0) is 14.3 Å². The molecule has 8 heteroatoms. The fraction of sp³-hybridized carbons (Fsp3) is 0.263. The number of nitro groups is 1. The quantitative estimate of drug-likeness (QED) is 0.433. The highest BCUT2D eigenvalue weighted by Crippen LogP contribution is 2.29. The molecule has 142 valence electrons. The molecule has 0 aliphatic carbocycles. The average molecular weight is 372 g/mol. The topological polar surface area (TPSA) is 108 Å². The first-order valence-corrected chi connectivity index (χ1v) is 8.30. The van der Waals surface area contributed by atoms with Crippen LogP contribution in [0, 0.1) is 10.1 Å². The summed E-state index contributed by atoms with van der Waals surface area (Å²) < 4.78 is 10.0. The fourth-order valence-electron chi connectivity index (χ4n) is 2.54. The second kappa shape index (κ2) is 9.33. The zero-order valence-electron chi connectivity index (χ0n) is 15.0. The monoisotopic (exact) mass is 372 g/mol. The molecule has 0 heterocycles. The molecule has 0 radical (unpaired) electrons. The molecule has 27 heavy (non-hydrogen) atoms. The maximum Gasteiger partial charge on any atom is 0.313 e. The van der Waals surface area contributed by atoms with Gasteiger partial charge in [0.1, 0.15) is 11.4 Å². The number of nitrogens with one attached hydrogen (secondary N) is 1. The molecule has 0 aliphatic heterocycles. The lowest BCUT2D eigenvalue weighted by Crippen LogP contribution is -2.24. The maximum absolute atomic E-state index is 12.3. The Kier molecular flexibility index (Phi) is 6.87. The van der Waals surface area contributed by atoms with E-state index < -0.39 is 29.3 Å². The van der Waals surface area contributed by atoms with Crippen LogP contribution in [0.2, 0.25) is 0 Å². The highest BCUT2D eigenvalue weighted by molar-refractivity contribution is 5.95. The Morgan fingerprint density at radius 3 is 2.48 bits per heavy atom. The minimum atomic E-state index is -0.667. The van der Waals surface area contributed by atoms with Crippen molar-refractivity contribution >= 4 is 23.3 Å². The summed E-state index contributed by atoms with van der Waals surface area (Å²) in [5.41, 5.74) is 0.484. The number of nitrogens with zero attached hydrogens (tertiary/aromatic N) is 1. The van der Waals surface area contributed by atoms with E-state index in [1.54, 1.807) is 0 Å². The molecule has 2 rings (SSSR count). The maximum atomic E-state index is 12.3. The summed E-state index contributed by atoms with van der Waals surface area (Å²) in [6.45, 7) is 1.31. The zero-order valence-corrected chi connectivity index (χ0v) is 15.0. The number of esters is 1. The van der Waals surface area contributed by atoms with Crippen LogP contribution < -0.4 is 10.1 Å². The smallest absolute Gasteiger partial charge is 0.313 e. The SMILES string of the molecule is CCC(C(=O)OCC(=O)Nc1ccc(OC)cc1[N+](=O)[O-])c1ccccc1. The van der Waals surface area contributed by atoms with Crippen LogP contribution in [0.3, 0.4) is 0 Å². The summed E-state index contributed by atoms with van der Waals surface area (Å²) >= 11 is 0. The standard InChI is InChI=1S/C19H20N2O6/c1-3-15(13-7-5-4-6-8-13)19(23)27-12-18(22)20-16-10-9-14(26-2)11-17(16)21(24)25/h4-11,15H,3,12H2,1-2H3,(H,20,22). The molecule has 2 aromatic rings. The predicted octanol–water partition coefficient (Wildman–Crippen LogP) is 3.28. The Morgan fingerprint density at radius 2 is 1.89 bits per heavy atom. The second-order valence-corrected chi connectivity index (χ2v) is 5.67. The Labute approximate surface area is 156 Å². The summed E-state index contributed by atoms with van der Waals surface area (Å²) in [7, 11) is 1.38. The van der Waals surface area contributed by atoms with Crippen LogP contribution in [0.5, 0.6) is 5.75 Å². The molecule has 1 N–H and O–H groups in total. The van der Waals surface area contributed by atoms with Gasteiger partial charge in [0.2, 0.25) is 0 Å². The molecule has 0 aromatic heterocycles. The first-order valence-electron chi connectivity index (χ1n) is 8.30. The number of anilines is 1. The van der Waals surface area contributed by atoms with Crippen molar-refractivity contribution in [2.24, 2.45) is 0 Å². The Bertz CT molecular complexity index is 822. The minimum Gasteiger partial charge on any atom is -0.496 e. The number of methoxy groups -OCH3 is 1. The lowest BCUT2D eigenvalue weighted by atomic mass is 9.97. The third-order valence-electron chi connectivity index (χ3n) is 3.92. The van der Waals surface area contributed by atoms with Crippen LogP contribution in [0.25, 0.3) is 0 Å². The molecular weight excluding hydrogens is 352 g/mol. The molecule has 0 saturated carbocycles. The number of carbonyl (C=O) groups is 2. The number of amides is 1. The number of ether oxygens (including phenoxy) is 2. The highest BCUT2D eigenvalue weighted by Gasteiger charge is 2.22. The van der Waals surface area contributed by atoms with Crippen molar-refractivity contribution in [2.45, 2.75) is 19.3 Å². The molecule has 1 atom stereocenters. The van der Waals surface area contributed by atoms with Crippen molar-refractivity contribution in [1.82, 2.24) is 0 Å². The third kappa shape index (κ3) is 5.27. The van der Waals surface area contributed by atoms with E-state index in [-0.39, 0.29) is 11.4 Å². The number of rotatable bonds is 8. The van der Waals surface area contributed by atoms with E-state index in [4.69, 9.17) is 9.47 Å². The lowest BCUT2D eigenvalue weighted by Gasteiger charge is -2.14. The largest absolute Gasteiger partial charge is 0.496 e. The van der Waals surface area contributed by atoms with Crippen LogP contribution in [0.1, 0.15) is 24.8 Å². The van der Waals surface area contributed by atoms with Crippen molar-refractivity contribution < 1.29 is 24.0 Å². The minimum absolute atomic E-state index is 0.00282. The summed E-state index contributed by atoms with van der Waals surface area (Å²) in [4.78, 5) is 34.8. The third-order valence-corrected chi connectivity index (χ3v) is 3.92. The summed E-state index contributed by atoms with van der Waals surface area (Å²) in [5, 5.41) is 13.5. The van der Waals surface area contributed by atoms with E-state index in [0.717, 1.165) is 5.56 Å². The number of nitro benzene ring substituents is 1. The molecule has 0 saturated heterocycles. The normalized spacial score (nSPS) is 11.3. The van der Waals surface area contributed by atoms with Crippen molar-refractivity contribution in [3.05, 3.63) is 64.2 Å². The van der Waals surface area contributed by atoms with Gasteiger partial charge < -0.3 is 14.8 Å². The molecule has 0 spiro atoms. The lowest BCUT2D eigenvalue weighted by molar-refractivity contribution is -0.384. The van der Waals surface area contributed by atoms with Gasteiger partial charge in [-0.25, -0.2) is 0 Å². The molecule has 0 aliphatic rings. The van der Waals surface area contributed by atoms with Crippen LogP contribution >= 0.6 is 0 Å². The Morgan fingerprint density at radius 1 is 1.19 bits per heavy atom. The van der Waals surface area contributed by atoms with Gasteiger partial charge in [-0.1, -0.05) is 37.3 Å². The van der Waals surface area contributed by atoms with E-state index in [1.807, 2.05) is 37.3 Å². The first-order chi connectivity index (χ1) is 13.0. The van der Waals surface area contributed by atoms with Gasteiger partial charge in [-0.05, 0) is 24.1 Å². The molecule has 0 fully saturated rings. The van der Waals surface area contributed by atoms with Gasteiger partial charge in [0.05, 0.1) is 24.0 Å². The van der Waals surface area contributed by atoms with Crippen LogP contribution in [0.15, 0.2) is 48.5 Å². The van der Waals surface area contributed by atoms with Crippen molar-refractivity contribution in [2.75, 3.05) is 19.0 Å². The van der Waals surface area contributed by atoms with E-state index in [2.05, 4.69) is 5.32 Å². The highest BCUT2D eigenvalue weighted by atomic mass is 16.6. The molecular formula is C19H20N2O6. The van der Waals surface area contributed by atoms with Gasteiger partial charge in [-0.3, -0.25) is 19.7 Å². The van der Waals surface area contributed by atoms with Crippen molar-refractivity contribution in [3.63, 3.8) is 0 Å². The van der Waals surface area contributed by atoms with Crippen molar-refractivity contribution in [1.29, 1.82) is 0 Å². The van der Waals surface area contributed by atoms with Gasteiger partial charge in [0, 0.05) is 0 Å². The number of hydrogen-bond donors (Lipinski definition) is 1. The predicted molar refractivity (Wildman–Crippen MR) is 98.7 cm³/mol.